The predicted molar refractivity (Wildman–Crippen MR) is 106 cm³/mol. The molecule has 1 aliphatic heterocycles. The van der Waals surface area contributed by atoms with Crippen molar-refractivity contribution >= 4 is 17.7 Å². The van der Waals surface area contributed by atoms with Crippen LogP contribution < -0.4 is 5.32 Å². The van der Waals surface area contributed by atoms with E-state index >= 15 is 0 Å². The number of pyridine rings is 1. The number of hydrogen-bond acceptors (Lipinski definition) is 3. The average Bonchev–Trinajstić information content (AvgIpc) is 3.23. The summed E-state index contributed by atoms with van der Waals surface area (Å²) < 4.78 is 0.0823. The summed E-state index contributed by atoms with van der Waals surface area (Å²) in [4.78, 5) is 17.4. The van der Waals surface area contributed by atoms with Crippen molar-refractivity contribution in [1.82, 2.24) is 10.3 Å². The third kappa shape index (κ3) is 3.64. The fraction of sp³-hybridized carbons (Fsp3) is 0.333. The number of fused-ring (bicyclic) bond motifs is 1. The van der Waals surface area contributed by atoms with Gasteiger partial charge in [-0.3, -0.25) is 9.78 Å². The van der Waals surface area contributed by atoms with E-state index in [0.717, 1.165) is 16.9 Å². The van der Waals surface area contributed by atoms with E-state index in [1.807, 2.05) is 38.4 Å². The Morgan fingerprint density at radius 3 is 2.80 bits per heavy atom. The lowest BCUT2D eigenvalue weighted by Gasteiger charge is -2.14. The Bertz CT molecular complexity index is 794. The van der Waals surface area contributed by atoms with Gasteiger partial charge in [0.25, 0.3) is 5.91 Å². The Labute approximate surface area is 155 Å². The summed E-state index contributed by atoms with van der Waals surface area (Å²) in [6.07, 6.45) is 6.92. The number of rotatable bonds is 4. The lowest BCUT2D eigenvalue weighted by molar-refractivity contribution is -0.116. The minimum atomic E-state index is 0. The van der Waals surface area contributed by atoms with Gasteiger partial charge >= 0.3 is 0 Å². The lowest BCUT2D eigenvalue weighted by atomic mass is 10.1. The number of carbonyl (C=O) groups excluding carboxylic acids is 1. The van der Waals surface area contributed by atoms with Gasteiger partial charge in [0.1, 0.15) is 0 Å². The zero-order valence-corrected chi connectivity index (χ0v) is 15.8. The van der Waals surface area contributed by atoms with Crippen molar-refractivity contribution < 1.29 is 6.22 Å². The molecule has 1 saturated carbocycles. The van der Waals surface area contributed by atoms with Gasteiger partial charge in [-0.2, -0.15) is 0 Å². The van der Waals surface area contributed by atoms with Crippen molar-refractivity contribution in [3.63, 3.8) is 0 Å². The zero-order valence-electron chi connectivity index (χ0n) is 15.0. The molecule has 2 unspecified atom stereocenters. The second kappa shape index (κ2) is 7.44. The summed E-state index contributed by atoms with van der Waals surface area (Å²) in [5.41, 5.74) is 3.63. The van der Waals surface area contributed by atoms with Gasteiger partial charge in [0.2, 0.25) is 0 Å². The minimum Gasteiger partial charge on any atom is -0.348 e. The van der Waals surface area contributed by atoms with Crippen molar-refractivity contribution in [3.05, 3.63) is 76.5 Å². The van der Waals surface area contributed by atoms with E-state index in [4.69, 9.17) is 0 Å². The van der Waals surface area contributed by atoms with E-state index in [1.54, 1.807) is 11.8 Å². The summed E-state index contributed by atoms with van der Waals surface area (Å²) in [6.45, 7) is 6.64. The van der Waals surface area contributed by atoms with E-state index in [1.165, 1.54) is 11.1 Å². The van der Waals surface area contributed by atoms with Crippen LogP contribution in [0.1, 0.15) is 38.4 Å². The molecule has 1 aromatic carbocycles. The molecule has 2 aliphatic rings. The number of amides is 1. The molecule has 0 radical (unpaired) electrons. The second-order valence-electron chi connectivity index (χ2n) is 6.24. The Morgan fingerprint density at radius 2 is 2.08 bits per heavy atom. The molecule has 0 spiro atoms. The number of aryl methyl sites for hydroxylation is 1. The lowest BCUT2D eigenvalue weighted by Crippen LogP contribution is -2.23. The van der Waals surface area contributed by atoms with Gasteiger partial charge in [0, 0.05) is 20.4 Å². The van der Waals surface area contributed by atoms with Crippen LogP contribution in [0.25, 0.3) is 0 Å². The maximum Gasteiger partial charge on any atom is 0.257 e. The smallest absolute Gasteiger partial charge is 0.257 e. The highest BCUT2D eigenvalue weighted by molar-refractivity contribution is 8.05. The highest BCUT2D eigenvalue weighted by Crippen LogP contribution is 2.69. The van der Waals surface area contributed by atoms with Crippen LogP contribution in [-0.2, 0) is 16.1 Å². The standard InChI is InChI=1S/C19H18N2OS.C2H6.H2/c1-13-3-2-4-14(9-13)12-21-18(22)17-10-16-11-19(16,23-17)15-5-7-20-8-6-15;1-2;/h2-10,16H,11-12H2,1H3,(H,21,22);1-2H3;1H. The molecule has 2 aromatic rings. The molecular weight excluding hydrogens is 328 g/mol. The maximum absolute atomic E-state index is 12.4. The highest BCUT2D eigenvalue weighted by atomic mass is 32.2. The molecule has 1 amide bonds. The van der Waals surface area contributed by atoms with E-state index in [2.05, 4.69) is 47.6 Å². The maximum atomic E-state index is 12.4. The van der Waals surface area contributed by atoms with E-state index in [9.17, 15) is 4.79 Å². The molecule has 0 saturated heterocycles. The molecule has 1 aliphatic carbocycles. The Hall–Kier alpha value is -2.07. The van der Waals surface area contributed by atoms with Gasteiger partial charge in [-0.05, 0) is 42.5 Å². The highest BCUT2D eigenvalue weighted by Gasteiger charge is 2.59. The Morgan fingerprint density at radius 1 is 1.32 bits per heavy atom. The van der Waals surface area contributed by atoms with Crippen molar-refractivity contribution in [2.75, 3.05) is 0 Å². The van der Waals surface area contributed by atoms with E-state index < -0.39 is 0 Å². The molecule has 25 heavy (non-hydrogen) atoms. The van der Waals surface area contributed by atoms with Gasteiger partial charge in [-0.1, -0.05) is 49.8 Å². The van der Waals surface area contributed by atoms with Gasteiger partial charge < -0.3 is 5.32 Å². The predicted octanol–water partition coefficient (Wildman–Crippen LogP) is 4.82. The quantitative estimate of drug-likeness (QED) is 0.855. The minimum absolute atomic E-state index is 0. The molecule has 2 heterocycles. The number of benzene rings is 1. The van der Waals surface area contributed by atoms with Crippen LogP contribution in [0.5, 0.6) is 0 Å². The van der Waals surface area contributed by atoms with Crippen LogP contribution in [0.4, 0.5) is 0 Å². The molecule has 1 aromatic heterocycles. The summed E-state index contributed by atoms with van der Waals surface area (Å²) in [7, 11) is 0. The van der Waals surface area contributed by atoms with Crippen molar-refractivity contribution in [3.8, 4) is 0 Å². The van der Waals surface area contributed by atoms with Crippen molar-refractivity contribution in [2.24, 2.45) is 5.92 Å². The molecule has 2 atom stereocenters. The number of nitrogens with one attached hydrogen (secondary N) is 1. The summed E-state index contributed by atoms with van der Waals surface area (Å²) in [5.74, 6) is 0.520. The molecular formula is C21H26N2OS. The SMILES string of the molecule is CC.Cc1cccc(CNC(=O)C2=CC3CC3(c3ccncc3)S2)c1.[HH]. The van der Waals surface area contributed by atoms with Crippen LogP contribution in [0.3, 0.4) is 0 Å². The molecule has 0 bridgehead atoms. The third-order valence-corrected chi connectivity index (χ3v) is 6.15. The molecule has 3 nitrogen and oxygen atoms in total. The zero-order chi connectivity index (χ0) is 17.9. The molecule has 1 N–H and O–H groups in total. The first-order chi connectivity index (χ1) is 12.2. The molecule has 132 valence electrons. The Balaban J connectivity index is 0.000000784. The monoisotopic (exact) mass is 354 g/mol. The molecule has 4 rings (SSSR count). The van der Waals surface area contributed by atoms with Crippen LogP contribution in [-0.4, -0.2) is 10.9 Å². The van der Waals surface area contributed by atoms with Gasteiger partial charge in [-0.25, -0.2) is 0 Å². The molecule has 4 heteroatoms. The van der Waals surface area contributed by atoms with Gasteiger partial charge in [0.15, 0.2) is 0 Å². The fourth-order valence-electron chi connectivity index (χ4n) is 3.23. The van der Waals surface area contributed by atoms with Crippen LogP contribution in [0, 0.1) is 12.8 Å². The average molecular weight is 355 g/mol. The van der Waals surface area contributed by atoms with Crippen molar-refractivity contribution in [1.29, 1.82) is 0 Å². The first kappa shape index (κ1) is 17.7. The number of hydrogen-bond donors (Lipinski definition) is 1. The summed E-state index contributed by atoms with van der Waals surface area (Å²) in [6, 6.07) is 12.4. The first-order valence-corrected chi connectivity index (χ1v) is 9.64. The largest absolute Gasteiger partial charge is 0.348 e. The summed E-state index contributed by atoms with van der Waals surface area (Å²) >= 11 is 1.71. The van der Waals surface area contributed by atoms with Gasteiger partial charge in [-0.15, -0.1) is 11.8 Å². The second-order valence-corrected chi connectivity index (χ2v) is 7.61. The summed E-state index contributed by atoms with van der Waals surface area (Å²) in [5, 5.41) is 3.04. The number of nitrogens with zero attached hydrogens (tertiary/aromatic N) is 1. The van der Waals surface area contributed by atoms with E-state index in [-0.39, 0.29) is 12.1 Å². The number of allylic oxidation sites excluding steroid dienone is 1. The van der Waals surface area contributed by atoms with Crippen LogP contribution in [0.2, 0.25) is 0 Å². The third-order valence-electron chi connectivity index (χ3n) is 4.53. The Kier molecular flexibility index (Phi) is 5.28. The van der Waals surface area contributed by atoms with E-state index in [0.29, 0.717) is 12.5 Å². The fourth-order valence-corrected chi connectivity index (χ4v) is 4.76. The first-order valence-electron chi connectivity index (χ1n) is 8.82. The van der Waals surface area contributed by atoms with Crippen LogP contribution in [0.15, 0.2) is 59.8 Å². The van der Waals surface area contributed by atoms with Crippen LogP contribution >= 0.6 is 11.8 Å². The molecule has 1 fully saturated rings. The van der Waals surface area contributed by atoms with Gasteiger partial charge in [0.05, 0.1) is 9.65 Å². The number of carbonyl (C=O) groups is 1. The topological polar surface area (TPSA) is 42.0 Å². The van der Waals surface area contributed by atoms with Crippen molar-refractivity contribution in [2.45, 2.75) is 38.5 Å². The normalized spacial score (nSPS) is 23.0. The number of aromatic nitrogens is 1. The number of thioether (sulfide) groups is 1.